The van der Waals surface area contributed by atoms with E-state index in [2.05, 4.69) is 29.1 Å². The van der Waals surface area contributed by atoms with Crippen LogP contribution in [0.1, 0.15) is 27.6 Å². The summed E-state index contributed by atoms with van der Waals surface area (Å²) in [6.45, 7) is 6.00. The van der Waals surface area contributed by atoms with Crippen molar-refractivity contribution in [1.82, 2.24) is 19.2 Å². The van der Waals surface area contributed by atoms with Crippen molar-refractivity contribution in [3.63, 3.8) is 0 Å². The van der Waals surface area contributed by atoms with E-state index in [0.29, 0.717) is 13.1 Å². The Morgan fingerprint density at radius 1 is 1.03 bits per heavy atom. The van der Waals surface area contributed by atoms with Crippen LogP contribution in [-0.4, -0.2) is 32.3 Å². The highest BCUT2D eigenvalue weighted by Crippen LogP contribution is 2.39. The number of fused-ring (bicyclic) bond motifs is 1. The van der Waals surface area contributed by atoms with E-state index in [1.165, 1.54) is 14.4 Å². The molecule has 0 radical (unpaired) electrons. The number of hydrogen-bond donors (Lipinski definition) is 0. The molecule has 2 aliphatic heterocycles. The molecular formula is C22H24N4O2S. The summed E-state index contributed by atoms with van der Waals surface area (Å²) >= 11 is 1.85. The predicted molar refractivity (Wildman–Crippen MR) is 113 cm³/mol. The van der Waals surface area contributed by atoms with Crippen molar-refractivity contribution in [1.29, 1.82) is 0 Å². The summed E-state index contributed by atoms with van der Waals surface area (Å²) in [5.41, 5.74) is 0.0234. The lowest BCUT2D eigenvalue weighted by atomic mass is 9.86. The number of benzene rings is 1. The minimum atomic E-state index is -0.529. The first-order valence-corrected chi connectivity index (χ1v) is 10.9. The SMILES string of the molecule is Cc1ccc(CN2CC[C@@]3(Cc4nn(Cc5ccccc5)c(=O)c(=O)n4C3)C2)s1. The second kappa shape index (κ2) is 7.07. The van der Waals surface area contributed by atoms with E-state index in [1.807, 2.05) is 41.7 Å². The molecule has 0 saturated carbocycles. The molecule has 1 fully saturated rings. The zero-order valence-electron chi connectivity index (χ0n) is 16.5. The number of rotatable bonds is 4. The van der Waals surface area contributed by atoms with E-state index in [4.69, 9.17) is 0 Å². The van der Waals surface area contributed by atoms with Gasteiger partial charge in [0.2, 0.25) is 0 Å². The van der Waals surface area contributed by atoms with Crippen LogP contribution in [0.15, 0.2) is 52.1 Å². The van der Waals surface area contributed by atoms with E-state index < -0.39 is 11.1 Å². The Bertz CT molecular complexity index is 1160. The van der Waals surface area contributed by atoms with Gasteiger partial charge in [-0.15, -0.1) is 11.3 Å². The zero-order valence-corrected chi connectivity index (χ0v) is 17.3. The average Bonchev–Trinajstić information content (AvgIpc) is 3.40. The monoisotopic (exact) mass is 408 g/mol. The van der Waals surface area contributed by atoms with Gasteiger partial charge in [0.1, 0.15) is 5.82 Å². The first kappa shape index (κ1) is 18.5. The Morgan fingerprint density at radius 3 is 2.62 bits per heavy atom. The molecule has 4 heterocycles. The number of aromatic nitrogens is 3. The second-order valence-corrected chi connectivity index (χ2v) is 9.78. The number of aryl methyl sites for hydroxylation is 1. The highest BCUT2D eigenvalue weighted by atomic mass is 32.1. The molecule has 0 amide bonds. The van der Waals surface area contributed by atoms with Gasteiger partial charge in [-0.2, -0.15) is 5.10 Å². The summed E-state index contributed by atoms with van der Waals surface area (Å²) in [4.78, 5) is 30.6. The van der Waals surface area contributed by atoms with Crippen molar-refractivity contribution in [2.45, 2.75) is 39.4 Å². The summed E-state index contributed by atoms with van der Waals surface area (Å²) < 4.78 is 2.96. The van der Waals surface area contributed by atoms with E-state index in [0.717, 1.165) is 43.9 Å². The minimum Gasteiger partial charge on any atom is -0.298 e. The quantitative estimate of drug-likeness (QED) is 0.622. The van der Waals surface area contributed by atoms with Crippen molar-refractivity contribution in [3.8, 4) is 0 Å². The van der Waals surface area contributed by atoms with Crippen molar-refractivity contribution in [2.75, 3.05) is 13.1 Å². The van der Waals surface area contributed by atoms with Crippen molar-refractivity contribution in [2.24, 2.45) is 5.41 Å². The Hall–Kier alpha value is -2.51. The molecule has 1 atom stereocenters. The first-order chi connectivity index (χ1) is 14.0. The molecule has 0 bridgehead atoms. The number of hydrogen-bond acceptors (Lipinski definition) is 5. The van der Waals surface area contributed by atoms with Crippen molar-refractivity contribution in [3.05, 3.63) is 84.3 Å². The number of nitrogens with zero attached hydrogens (tertiary/aromatic N) is 4. The van der Waals surface area contributed by atoms with E-state index in [1.54, 1.807) is 4.57 Å². The lowest BCUT2D eigenvalue weighted by molar-refractivity contribution is 0.247. The summed E-state index contributed by atoms with van der Waals surface area (Å²) in [6, 6.07) is 14.1. The van der Waals surface area contributed by atoms with Gasteiger partial charge in [-0.05, 0) is 37.6 Å². The van der Waals surface area contributed by atoms with Gasteiger partial charge in [0.25, 0.3) is 0 Å². The molecule has 3 aromatic rings. The maximum atomic E-state index is 12.8. The van der Waals surface area contributed by atoms with Crippen LogP contribution < -0.4 is 11.1 Å². The fraction of sp³-hybridized carbons (Fsp3) is 0.409. The molecule has 0 aliphatic carbocycles. The lowest BCUT2D eigenvalue weighted by Gasteiger charge is -2.22. The van der Waals surface area contributed by atoms with Gasteiger partial charge in [0, 0.05) is 41.2 Å². The van der Waals surface area contributed by atoms with Gasteiger partial charge < -0.3 is 0 Å². The number of likely N-dealkylation sites (tertiary alicyclic amines) is 1. The standard InChI is InChI=1S/C22H24N4O2S/c1-16-7-8-18(29-16)13-24-10-9-22(14-24)11-19-23-26(12-17-5-3-2-4-6-17)21(28)20(27)25(19)15-22/h2-8H,9-15H2,1H3/t22-/m1/s1. The van der Waals surface area contributed by atoms with E-state index in [-0.39, 0.29) is 5.41 Å². The van der Waals surface area contributed by atoms with Gasteiger partial charge >= 0.3 is 11.1 Å². The van der Waals surface area contributed by atoms with Gasteiger partial charge in [-0.25, -0.2) is 4.68 Å². The van der Waals surface area contributed by atoms with Crippen LogP contribution in [0.3, 0.4) is 0 Å². The summed E-state index contributed by atoms with van der Waals surface area (Å²) in [7, 11) is 0. The predicted octanol–water partition coefficient (Wildman–Crippen LogP) is 2.27. The van der Waals surface area contributed by atoms with Crippen molar-refractivity contribution < 1.29 is 0 Å². The molecular weight excluding hydrogens is 384 g/mol. The maximum Gasteiger partial charge on any atom is 0.332 e. The maximum absolute atomic E-state index is 12.8. The van der Waals surface area contributed by atoms with E-state index >= 15 is 0 Å². The van der Waals surface area contributed by atoms with E-state index in [9.17, 15) is 9.59 Å². The van der Waals surface area contributed by atoms with Crippen LogP contribution in [0, 0.1) is 12.3 Å². The highest BCUT2D eigenvalue weighted by Gasteiger charge is 2.44. The molecule has 1 spiro atoms. The van der Waals surface area contributed by atoms with Crippen LogP contribution in [0.5, 0.6) is 0 Å². The number of thiophene rings is 1. The van der Waals surface area contributed by atoms with Crippen molar-refractivity contribution >= 4 is 11.3 Å². The smallest absolute Gasteiger partial charge is 0.298 e. The third-order valence-electron chi connectivity index (χ3n) is 6.10. The van der Waals surface area contributed by atoms with Gasteiger partial charge in [-0.3, -0.25) is 19.1 Å². The van der Waals surface area contributed by atoms with Crippen LogP contribution in [0.2, 0.25) is 0 Å². The fourth-order valence-corrected chi connectivity index (χ4v) is 5.63. The Kier molecular flexibility index (Phi) is 4.52. The van der Waals surface area contributed by atoms with Crippen LogP contribution in [-0.2, 0) is 26.1 Å². The third kappa shape index (κ3) is 3.49. The highest BCUT2D eigenvalue weighted by molar-refractivity contribution is 7.11. The molecule has 1 aromatic carbocycles. The molecule has 2 aromatic heterocycles. The summed E-state index contributed by atoms with van der Waals surface area (Å²) in [5.74, 6) is 0.749. The third-order valence-corrected chi connectivity index (χ3v) is 7.09. The van der Waals surface area contributed by atoms with Crippen LogP contribution in [0.25, 0.3) is 0 Å². The first-order valence-electron chi connectivity index (χ1n) is 10.0. The molecule has 0 unspecified atom stereocenters. The largest absolute Gasteiger partial charge is 0.332 e. The Balaban J connectivity index is 1.37. The Morgan fingerprint density at radius 2 is 1.86 bits per heavy atom. The van der Waals surface area contributed by atoms with Crippen LogP contribution in [0.4, 0.5) is 0 Å². The summed E-state index contributed by atoms with van der Waals surface area (Å²) in [5, 5.41) is 4.59. The lowest BCUT2D eigenvalue weighted by Crippen LogP contribution is -2.43. The average molecular weight is 409 g/mol. The van der Waals surface area contributed by atoms with Gasteiger partial charge in [0.15, 0.2) is 0 Å². The molecule has 150 valence electrons. The Labute approximate surface area is 173 Å². The van der Waals surface area contributed by atoms with Gasteiger partial charge in [-0.1, -0.05) is 30.3 Å². The second-order valence-electron chi connectivity index (χ2n) is 8.41. The molecule has 0 N–H and O–H groups in total. The minimum absolute atomic E-state index is 0.0177. The molecule has 7 heteroatoms. The van der Waals surface area contributed by atoms with Gasteiger partial charge in [0.05, 0.1) is 6.54 Å². The topological polar surface area (TPSA) is 60.1 Å². The molecule has 6 nitrogen and oxygen atoms in total. The fourth-order valence-electron chi connectivity index (χ4n) is 4.69. The summed E-state index contributed by atoms with van der Waals surface area (Å²) in [6.07, 6.45) is 1.80. The zero-order chi connectivity index (χ0) is 20.0. The van der Waals surface area contributed by atoms with Crippen LogP contribution >= 0.6 is 11.3 Å². The normalized spacial score (nSPS) is 21.1. The molecule has 5 rings (SSSR count). The molecule has 2 aliphatic rings. The molecule has 1 saturated heterocycles. The molecule has 29 heavy (non-hydrogen) atoms.